The zero-order chi connectivity index (χ0) is 27.4. The summed E-state index contributed by atoms with van der Waals surface area (Å²) in [6.45, 7) is 4.06. The van der Waals surface area contributed by atoms with Crippen molar-refractivity contribution in [3.8, 4) is 0 Å². The highest BCUT2D eigenvalue weighted by Gasteiger charge is 2.22. The number of rotatable bonds is 26. The van der Waals surface area contributed by atoms with Gasteiger partial charge in [0, 0.05) is 0 Å². The van der Waals surface area contributed by atoms with Crippen molar-refractivity contribution in [1.29, 1.82) is 0 Å². The first-order valence-electron chi connectivity index (χ1n) is 15.3. The fourth-order valence-corrected chi connectivity index (χ4v) is 4.19. The number of hydrogen-bond donors (Lipinski definition) is 4. The van der Waals surface area contributed by atoms with Crippen LogP contribution in [0.1, 0.15) is 136 Å². The van der Waals surface area contributed by atoms with Crippen LogP contribution in [0.2, 0.25) is 0 Å². The lowest BCUT2D eigenvalue weighted by molar-refractivity contribution is -0.131. The normalized spacial score (nSPS) is 14.6. The van der Waals surface area contributed by atoms with E-state index in [-0.39, 0.29) is 6.61 Å². The molecule has 216 valence electrons. The second-order valence-electron chi connectivity index (χ2n) is 10.3. The molecule has 0 aliphatic carbocycles. The third-order valence-electron chi connectivity index (χ3n) is 6.70. The molecule has 4 N–H and O–H groups in total. The molecule has 0 rings (SSSR count). The van der Waals surface area contributed by atoms with Gasteiger partial charge in [-0.2, -0.15) is 0 Å². The van der Waals surface area contributed by atoms with Crippen LogP contribution in [0.15, 0.2) is 36.5 Å². The number of carbonyl (C=O) groups excluding carboxylic acids is 1. The van der Waals surface area contributed by atoms with Crippen molar-refractivity contribution in [3.63, 3.8) is 0 Å². The Morgan fingerprint density at radius 1 is 0.649 bits per heavy atom. The van der Waals surface area contributed by atoms with E-state index < -0.39 is 24.2 Å². The van der Waals surface area contributed by atoms with Gasteiger partial charge < -0.3 is 20.6 Å². The Bertz CT molecular complexity index is 587. The molecule has 0 bridgehead atoms. The molecule has 0 aliphatic rings. The molecule has 3 unspecified atom stereocenters. The maximum absolute atomic E-state index is 12.3. The fourth-order valence-electron chi connectivity index (χ4n) is 4.19. The molecule has 3 atom stereocenters. The van der Waals surface area contributed by atoms with Crippen LogP contribution in [0.3, 0.4) is 0 Å². The van der Waals surface area contributed by atoms with E-state index in [1.54, 1.807) is 6.08 Å². The Kier molecular flexibility index (Phi) is 26.5. The fraction of sp³-hybridized carbons (Fsp3) is 0.781. The van der Waals surface area contributed by atoms with E-state index in [0.29, 0.717) is 6.42 Å². The topological polar surface area (TPSA) is 89.8 Å². The summed E-state index contributed by atoms with van der Waals surface area (Å²) in [5.41, 5.74) is 0. The van der Waals surface area contributed by atoms with Crippen LogP contribution in [0.25, 0.3) is 0 Å². The van der Waals surface area contributed by atoms with E-state index in [1.807, 2.05) is 6.08 Å². The molecule has 5 heteroatoms. The molecule has 0 saturated carbocycles. The van der Waals surface area contributed by atoms with Crippen molar-refractivity contribution in [2.45, 2.75) is 154 Å². The Labute approximate surface area is 228 Å². The van der Waals surface area contributed by atoms with Gasteiger partial charge >= 0.3 is 0 Å². The predicted molar refractivity (Wildman–Crippen MR) is 158 cm³/mol. The quantitative estimate of drug-likeness (QED) is 0.0710. The van der Waals surface area contributed by atoms with Gasteiger partial charge in [0.25, 0.3) is 0 Å². The van der Waals surface area contributed by atoms with Gasteiger partial charge in [-0.05, 0) is 57.8 Å². The standard InChI is InChI=1S/C32H59NO4/c1-3-5-7-9-11-13-14-15-16-17-19-21-23-25-27-31(36)32(37)33-29(28-34)30(35)26-24-22-20-18-12-10-8-6-4-2/h12-14,18,24,26,29-31,34-36H,3-11,15-17,19-23,25,27-28H2,1-2H3,(H,33,37)/b14-13-,18-12+,26-24+. The number of amides is 1. The summed E-state index contributed by atoms with van der Waals surface area (Å²) in [5.74, 6) is -0.525. The van der Waals surface area contributed by atoms with Crippen LogP contribution in [0.4, 0.5) is 0 Å². The minimum Gasteiger partial charge on any atom is -0.394 e. The molecule has 0 radical (unpaired) electrons. The molecule has 37 heavy (non-hydrogen) atoms. The van der Waals surface area contributed by atoms with Crippen molar-refractivity contribution in [1.82, 2.24) is 5.32 Å². The average molecular weight is 522 g/mol. The number of hydrogen-bond acceptors (Lipinski definition) is 4. The molecule has 0 aromatic rings. The molecule has 0 saturated heterocycles. The lowest BCUT2D eigenvalue weighted by Gasteiger charge is -2.21. The molecule has 0 spiro atoms. The van der Waals surface area contributed by atoms with E-state index >= 15 is 0 Å². The first-order chi connectivity index (χ1) is 18.1. The van der Waals surface area contributed by atoms with E-state index in [4.69, 9.17) is 0 Å². The highest BCUT2D eigenvalue weighted by atomic mass is 16.3. The van der Waals surface area contributed by atoms with Gasteiger partial charge in [0.2, 0.25) is 5.91 Å². The Hall–Kier alpha value is -1.43. The molecule has 1 amide bonds. The van der Waals surface area contributed by atoms with Crippen LogP contribution < -0.4 is 5.32 Å². The van der Waals surface area contributed by atoms with Crippen LogP contribution in [-0.4, -0.2) is 46.1 Å². The molecular formula is C32H59NO4. The van der Waals surface area contributed by atoms with Crippen molar-refractivity contribution in [3.05, 3.63) is 36.5 Å². The predicted octanol–water partition coefficient (Wildman–Crippen LogP) is 7.31. The van der Waals surface area contributed by atoms with E-state index in [0.717, 1.165) is 44.9 Å². The number of nitrogens with one attached hydrogen (secondary N) is 1. The Balaban J connectivity index is 3.87. The summed E-state index contributed by atoms with van der Waals surface area (Å²) in [5, 5.41) is 32.6. The lowest BCUT2D eigenvalue weighted by Crippen LogP contribution is -2.48. The van der Waals surface area contributed by atoms with E-state index in [2.05, 4.69) is 43.5 Å². The van der Waals surface area contributed by atoms with Crippen molar-refractivity contribution in [2.24, 2.45) is 0 Å². The highest BCUT2D eigenvalue weighted by molar-refractivity contribution is 5.80. The summed E-state index contributed by atoms with van der Waals surface area (Å²) in [7, 11) is 0. The SMILES string of the molecule is CCCCC/C=C/CC/C=C/C(O)C(CO)NC(=O)C(O)CCCCCCCC/C=C\CCCCCC. The zero-order valence-corrected chi connectivity index (χ0v) is 24.1. The van der Waals surface area contributed by atoms with Gasteiger partial charge in [-0.1, -0.05) is 115 Å². The Morgan fingerprint density at radius 2 is 1.11 bits per heavy atom. The molecule has 0 fully saturated rings. The van der Waals surface area contributed by atoms with Crippen LogP contribution in [0, 0.1) is 0 Å². The molecule has 0 heterocycles. The number of aliphatic hydroxyl groups excluding tert-OH is 3. The first-order valence-corrected chi connectivity index (χ1v) is 15.3. The van der Waals surface area contributed by atoms with Gasteiger partial charge in [0.05, 0.1) is 18.8 Å². The maximum Gasteiger partial charge on any atom is 0.249 e. The first kappa shape index (κ1) is 35.6. The summed E-state index contributed by atoms with van der Waals surface area (Å²) in [6.07, 6.45) is 31.5. The lowest BCUT2D eigenvalue weighted by atomic mass is 10.0. The summed E-state index contributed by atoms with van der Waals surface area (Å²) < 4.78 is 0. The largest absolute Gasteiger partial charge is 0.394 e. The summed E-state index contributed by atoms with van der Waals surface area (Å²) in [4.78, 5) is 12.3. The van der Waals surface area contributed by atoms with Gasteiger partial charge in [-0.25, -0.2) is 0 Å². The van der Waals surface area contributed by atoms with Gasteiger partial charge in [-0.15, -0.1) is 0 Å². The third-order valence-corrected chi connectivity index (χ3v) is 6.70. The number of unbranched alkanes of at least 4 members (excludes halogenated alkanes) is 14. The van der Waals surface area contributed by atoms with Crippen LogP contribution in [-0.2, 0) is 4.79 Å². The van der Waals surface area contributed by atoms with E-state index in [9.17, 15) is 20.1 Å². The van der Waals surface area contributed by atoms with Crippen molar-refractivity contribution < 1.29 is 20.1 Å². The Morgan fingerprint density at radius 3 is 1.70 bits per heavy atom. The zero-order valence-electron chi connectivity index (χ0n) is 24.1. The number of aliphatic hydroxyl groups is 3. The van der Waals surface area contributed by atoms with Crippen molar-refractivity contribution in [2.75, 3.05) is 6.61 Å². The summed E-state index contributed by atoms with van der Waals surface area (Å²) >= 11 is 0. The second-order valence-corrected chi connectivity index (χ2v) is 10.3. The average Bonchev–Trinajstić information content (AvgIpc) is 2.90. The summed E-state index contributed by atoms with van der Waals surface area (Å²) in [6, 6.07) is -0.812. The smallest absolute Gasteiger partial charge is 0.249 e. The monoisotopic (exact) mass is 521 g/mol. The maximum atomic E-state index is 12.3. The van der Waals surface area contributed by atoms with E-state index in [1.165, 1.54) is 70.6 Å². The molecule has 5 nitrogen and oxygen atoms in total. The molecule has 0 aliphatic heterocycles. The van der Waals surface area contributed by atoms with Crippen LogP contribution >= 0.6 is 0 Å². The van der Waals surface area contributed by atoms with Gasteiger partial charge in [0.15, 0.2) is 0 Å². The van der Waals surface area contributed by atoms with Crippen molar-refractivity contribution >= 4 is 5.91 Å². The molecule has 0 aromatic heterocycles. The minimum atomic E-state index is -1.11. The van der Waals surface area contributed by atoms with Crippen LogP contribution in [0.5, 0.6) is 0 Å². The second kappa shape index (κ2) is 27.6. The van der Waals surface area contributed by atoms with Gasteiger partial charge in [0.1, 0.15) is 6.10 Å². The molecule has 0 aromatic carbocycles. The highest BCUT2D eigenvalue weighted by Crippen LogP contribution is 2.11. The minimum absolute atomic E-state index is 0.380. The molecular weight excluding hydrogens is 462 g/mol. The number of allylic oxidation sites excluding steroid dienone is 5. The third kappa shape index (κ3) is 23.4. The van der Waals surface area contributed by atoms with Gasteiger partial charge in [-0.3, -0.25) is 4.79 Å². The number of carbonyl (C=O) groups is 1.